The van der Waals surface area contributed by atoms with Gasteiger partial charge in [0, 0.05) is 11.5 Å². The van der Waals surface area contributed by atoms with Crippen molar-refractivity contribution in [3.63, 3.8) is 0 Å². The zero-order valence-electron chi connectivity index (χ0n) is 16.6. The van der Waals surface area contributed by atoms with Crippen LogP contribution in [0.15, 0.2) is 52.1 Å². The van der Waals surface area contributed by atoms with Gasteiger partial charge in [0.2, 0.25) is 10.0 Å². The molecule has 9 nitrogen and oxygen atoms in total. The molecule has 2 aromatic heterocycles. The summed E-state index contributed by atoms with van der Waals surface area (Å²) < 4.78 is 37.5. The molecule has 0 aliphatic heterocycles. The van der Waals surface area contributed by atoms with Gasteiger partial charge in [0.1, 0.15) is 16.7 Å². The third kappa shape index (κ3) is 4.12. The second kappa shape index (κ2) is 8.05. The normalized spacial score (nSPS) is 11.6. The van der Waals surface area contributed by atoms with Crippen molar-refractivity contribution in [2.75, 3.05) is 18.1 Å². The molecule has 0 atom stereocenters. The molecule has 12 heteroatoms. The van der Waals surface area contributed by atoms with Crippen molar-refractivity contribution in [2.45, 2.75) is 0 Å². The lowest BCUT2D eigenvalue weighted by atomic mass is 10.1. The number of sulfonamides is 1. The van der Waals surface area contributed by atoms with Crippen LogP contribution in [0.5, 0.6) is 5.75 Å². The topological polar surface area (TPSA) is 123 Å². The van der Waals surface area contributed by atoms with E-state index in [1.165, 1.54) is 19.2 Å². The molecule has 0 saturated carbocycles. The highest BCUT2D eigenvalue weighted by molar-refractivity contribution is 7.92. The van der Waals surface area contributed by atoms with Gasteiger partial charge < -0.3 is 14.4 Å². The predicted molar refractivity (Wildman–Crippen MR) is 120 cm³/mol. The van der Waals surface area contributed by atoms with E-state index in [4.69, 9.17) is 32.4 Å². The Balaban J connectivity index is 1.94. The van der Waals surface area contributed by atoms with Crippen molar-refractivity contribution in [2.24, 2.45) is 4.99 Å². The number of ether oxygens (including phenoxy) is 1. The van der Waals surface area contributed by atoms with Crippen LogP contribution in [-0.2, 0) is 10.0 Å². The summed E-state index contributed by atoms with van der Waals surface area (Å²) in [6.07, 6.45) is 3.32. The molecule has 2 heterocycles. The summed E-state index contributed by atoms with van der Waals surface area (Å²) in [4.78, 5) is 17.0. The number of rotatable bonds is 4. The number of methoxy groups -OCH3 is 1. The molecule has 4 rings (SSSR count). The number of hydrogen-bond donors (Lipinski definition) is 2. The van der Waals surface area contributed by atoms with Crippen LogP contribution in [-0.4, -0.2) is 37.6 Å². The van der Waals surface area contributed by atoms with E-state index in [0.717, 1.165) is 18.6 Å². The van der Waals surface area contributed by atoms with Crippen LogP contribution in [0.4, 0.5) is 5.69 Å². The van der Waals surface area contributed by atoms with Gasteiger partial charge in [0.05, 0.1) is 52.4 Å². The first-order chi connectivity index (χ1) is 15.1. The Kier molecular flexibility index (Phi) is 5.53. The molecule has 0 fully saturated rings. The Morgan fingerprint density at radius 1 is 1.19 bits per heavy atom. The number of aromatic nitrogens is 1. The highest BCUT2D eigenvalue weighted by Gasteiger charge is 2.20. The monoisotopic (exact) mass is 495 g/mol. The van der Waals surface area contributed by atoms with E-state index in [1.54, 1.807) is 18.2 Å². The third-order valence-electron chi connectivity index (χ3n) is 4.49. The summed E-state index contributed by atoms with van der Waals surface area (Å²) in [6.45, 7) is 0. The van der Waals surface area contributed by atoms with Crippen molar-refractivity contribution in [1.29, 1.82) is 0 Å². The molecular weight excluding hydrogens is 481 g/mol. The fraction of sp³-hybridized carbons (Fsp3) is 0.100. The van der Waals surface area contributed by atoms with E-state index in [9.17, 15) is 18.4 Å². The Hall–Kier alpha value is -3.21. The molecule has 0 unspecified atom stereocenters. The Morgan fingerprint density at radius 3 is 2.50 bits per heavy atom. The average Bonchev–Trinajstić information content (AvgIpc) is 3.07. The van der Waals surface area contributed by atoms with Crippen molar-refractivity contribution in [3.05, 3.63) is 63.7 Å². The first-order valence-electron chi connectivity index (χ1n) is 8.94. The lowest BCUT2D eigenvalue weighted by Gasteiger charge is -2.05. The second-order valence-electron chi connectivity index (χ2n) is 6.81. The van der Waals surface area contributed by atoms with Gasteiger partial charge in [-0.1, -0.05) is 23.2 Å². The predicted octanol–water partition coefficient (Wildman–Crippen LogP) is 4.05. The van der Waals surface area contributed by atoms with Gasteiger partial charge in [-0.15, -0.1) is 0 Å². The maximum atomic E-state index is 13.0. The number of nitrogens with zero attached hydrogens (tertiary/aromatic N) is 2. The first kappa shape index (κ1) is 22.0. The number of nitrogens with one attached hydrogen (secondary N) is 1. The third-order valence-corrected chi connectivity index (χ3v) is 5.65. The van der Waals surface area contributed by atoms with Crippen LogP contribution in [0, 0.1) is 0 Å². The smallest absolute Gasteiger partial charge is 0.281 e. The van der Waals surface area contributed by atoms with Crippen LogP contribution in [0.25, 0.3) is 21.9 Å². The molecule has 4 aromatic rings. The van der Waals surface area contributed by atoms with Crippen molar-refractivity contribution < 1.29 is 27.6 Å². The summed E-state index contributed by atoms with van der Waals surface area (Å²) in [5.41, 5.74) is 0.951. The van der Waals surface area contributed by atoms with Gasteiger partial charge in [-0.05, 0) is 24.3 Å². The number of fused-ring (bicyclic) bond motifs is 3. The summed E-state index contributed by atoms with van der Waals surface area (Å²) in [7, 11) is -2.01. The zero-order valence-corrected chi connectivity index (χ0v) is 18.9. The number of furan rings is 1. The van der Waals surface area contributed by atoms with Crippen molar-refractivity contribution >= 4 is 66.8 Å². The van der Waals surface area contributed by atoms with Crippen LogP contribution in [0.2, 0.25) is 10.0 Å². The summed E-state index contributed by atoms with van der Waals surface area (Å²) in [5, 5.41) is 10.6. The van der Waals surface area contributed by atoms with E-state index in [-0.39, 0.29) is 26.5 Å². The van der Waals surface area contributed by atoms with Gasteiger partial charge in [-0.3, -0.25) is 9.52 Å². The lowest BCUT2D eigenvalue weighted by molar-refractivity contribution is 0.0999. The van der Waals surface area contributed by atoms with E-state index >= 15 is 0 Å². The molecule has 0 radical (unpaired) electrons. The van der Waals surface area contributed by atoms with Gasteiger partial charge in [0.25, 0.3) is 5.91 Å². The molecule has 32 heavy (non-hydrogen) atoms. The average molecular weight is 496 g/mol. The van der Waals surface area contributed by atoms with E-state index in [1.807, 2.05) is 0 Å². The van der Waals surface area contributed by atoms with Crippen LogP contribution >= 0.6 is 23.2 Å². The van der Waals surface area contributed by atoms with Gasteiger partial charge in [0.15, 0.2) is 5.58 Å². The van der Waals surface area contributed by atoms with Crippen LogP contribution < -0.4 is 14.8 Å². The molecule has 0 saturated heterocycles. The Bertz CT molecular complexity index is 1550. The molecular formula is C20H15Cl2N3O6S. The summed E-state index contributed by atoms with van der Waals surface area (Å²) in [6, 6.07) is 7.82. The van der Waals surface area contributed by atoms with Gasteiger partial charge in [-0.2, -0.15) is 4.73 Å². The first-order valence-corrected chi connectivity index (χ1v) is 11.6. The highest BCUT2D eigenvalue weighted by Crippen LogP contribution is 2.38. The fourth-order valence-electron chi connectivity index (χ4n) is 3.24. The van der Waals surface area contributed by atoms with Gasteiger partial charge in [-0.25, -0.2) is 13.4 Å². The SMILES string of the molecule is COc1ccc(C(=O)N=c2c(Cl)cn(O)cc2Cl)c2oc3cc(NS(C)(=O)=O)ccc3c12. The molecule has 1 amide bonds. The maximum absolute atomic E-state index is 13.0. The molecule has 0 aliphatic rings. The number of benzene rings is 2. The largest absolute Gasteiger partial charge is 0.496 e. The minimum atomic E-state index is -3.49. The Morgan fingerprint density at radius 2 is 1.88 bits per heavy atom. The fourth-order valence-corrected chi connectivity index (χ4v) is 4.33. The van der Waals surface area contributed by atoms with Gasteiger partial charge >= 0.3 is 0 Å². The maximum Gasteiger partial charge on any atom is 0.281 e. The van der Waals surface area contributed by atoms with Crippen LogP contribution in [0.3, 0.4) is 0 Å². The molecule has 0 spiro atoms. The minimum Gasteiger partial charge on any atom is -0.496 e. The van der Waals surface area contributed by atoms with E-state index in [0.29, 0.717) is 32.5 Å². The number of carbonyl (C=O) groups is 1. The number of carbonyl (C=O) groups excluding carboxylic acids is 1. The summed E-state index contributed by atoms with van der Waals surface area (Å²) >= 11 is 12.1. The number of anilines is 1. The highest BCUT2D eigenvalue weighted by atomic mass is 35.5. The minimum absolute atomic E-state index is 0.0108. The number of pyridine rings is 1. The van der Waals surface area contributed by atoms with E-state index < -0.39 is 15.9 Å². The molecule has 0 aliphatic carbocycles. The van der Waals surface area contributed by atoms with Crippen molar-refractivity contribution in [3.8, 4) is 5.75 Å². The number of halogens is 2. The quantitative estimate of drug-likeness (QED) is 0.411. The molecule has 2 N–H and O–H groups in total. The zero-order chi connectivity index (χ0) is 23.2. The number of amides is 1. The molecule has 2 aromatic carbocycles. The molecule has 166 valence electrons. The second-order valence-corrected chi connectivity index (χ2v) is 9.37. The Labute approximate surface area is 191 Å². The lowest BCUT2D eigenvalue weighted by Crippen LogP contribution is -2.12. The number of hydrogen-bond acceptors (Lipinski definition) is 6. The van der Waals surface area contributed by atoms with Crippen LogP contribution in [0.1, 0.15) is 10.4 Å². The molecule has 0 bridgehead atoms. The summed E-state index contributed by atoms with van der Waals surface area (Å²) in [5.74, 6) is -0.234. The van der Waals surface area contributed by atoms with Crippen molar-refractivity contribution in [1.82, 2.24) is 4.73 Å². The standard InChI is InChI=1S/C20H15Cl2N3O6S/c1-30-15-6-5-12(20(26)23-18-13(21)8-25(27)9-14(18)22)19-17(15)11-4-3-10(7-16(11)31-19)24-32(2,28)29/h3-9,24,27H,1-2H3. The van der Waals surface area contributed by atoms with E-state index in [2.05, 4.69) is 9.71 Å².